The number of nitrogens with zero attached hydrogens (tertiary/aromatic N) is 1. The number of hydrogen-bond acceptors (Lipinski definition) is 3. The lowest BCUT2D eigenvalue weighted by Crippen LogP contribution is -2.16. The maximum atomic E-state index is 12.3. The Bertz CT molecular complexity index is 1110. The van der Waals surface area contributed by atoms with Gasteiger partial charge in [-0.2, -0.15) is 0 Å². The highest BCUT2D eigenvalue weighted by molar-refractivity contribution is 7.13. The molecule has 0 unspecified atom stereocenters. The van der Waals surface area contributed by atoms with Crippen LogP contribution in [0.3, 0.4) is 0 Å². The highest BCUT2D eigenvalue weighted by atomic mass is 32.1. The molecule has 2 aromatic heterocycles. The zero-order valence-electron chi connectivity index (χ0n) is 13.5. The Hall–Kier alpha value is -2.86. The summed E-state index contributed by atoms with van der Waals surface area (Å²) in [6.07, 6.45) is 2.88. The molecule has 0 saturated carbocycles. The zero-order chi connectivity index (χ0) is 17.2. The number of carbonyl (C=O) groups is 1. The third kappa shape index (κ3) is 3.21. The van der Waals surface area contributed by atoms with E-state index in [0.29, 0.717) is 19.4 Å². The van der Waals surface area contributed by atoms with Gasteiger partial charge in [0.05, 0.1) is 10.1 Å². The van der Waals surface area contributed by atoms with E-state index in [2.05, 4.69) is 10.3 Å². The number of rotatable bonds is 5. The average molecular weight is 351 g/mol. The normalized spacial score (nSPS) is 11.2. The van der Waals surface area contributed by atoms with Crippen LogP contribution in [0.5, 0.6) is 0 Å². The highest BCUT2D eigenvalue weighted by Gasteiger charge is 2.08. The summed E-state index contributed by atoms with van der Waals surface area (Å²) in [5.74, 6) is -0.0416. The van der Waals surface area contributed by atoms with Crippen molar-refractivity contribution in [1.29, 1.82) is 0 Å². The molecule has 0 atom stereocenters. The molecule has 0 saturated heterocycles. The lowest BCUT2D eigenvalue weighted by atomic mass is 10.2. The standard InChI is InChI=1S/C19H17N3O2S/c23-18(21-14-8-7-13-9-10-20-16(13)12-14)6-3-11-22-19(24)15-4-1-2-5-17(15)25-22/h1-2,4-5,7-10,12,20H,3,6,11H2,(H,21,23). The molecule has 0 aliphatic heterocycles. The minimum Gasteiger partial charge on any atom is -0.361 e. The van der Waals surface area contributed by atoms with Crippen molar-refractivity contribution >= 4 is 44.1 Å². The minimum absolute atomic E-state index is 0.0261. The van der Waals surface area contributed by atoms with Gasteiger partial charge in [-0.3, -0.25) is 13.5 Å². The van der Waals surface area contributed by atoms with Crippen LogP contribution in [0.4, 0.5) is 5.69 Å². The van der Waals surface area contributed by atoms with Gasteiger partial charge in [0, 0.05) is 30.4 Å². The van der Waals surface area contributed by atoms with Crippen molar-refractivity contribution < 1.29 is 4.79 Å². The molecule has 2 N–H and O–H groups in total. The van der Waals surface area contributed by atoms with Crippen molar-refractivity contribution in [2.24, 2.45) is 0 Å². The summed E-state index contributed by atoms with van der Waals surface area (Å²) >= 11 is 1.45. The van der Waals surface area contributed by atoms with Crippen LogP contribution in [0.15, 0.2) is 59.5 Å². The SMILES string of the molecule is O=C(CCCn1sc2ccccc2c1=O)Nc1ccc2cc[nH]c2c1. The summed E-state index contributed by atoms with van der Waals surface area (Å²) in [5, 5.41) is 4.77. The minimum atomic E-state index is -0.0416. The van der Waals surface area contributed by atoms with Crippen LogP contribution >= 0.6 is 11.5 Å². The third-order valence-electron chi connectivity index (χ3n) is 4.16. The van der Waals surface area contributed by atoms with Gasteiger partial charge < -0.3 is 10.3 Å². The summed E-state index contributed by atoms with van der Waals surface area (Å²) in [5.41, 5.74) is 1.80. The van der Waals surface area contributed by atoms with Gasteiger partial charge in [-0.15, -0.1) is 0 Å². The van der Waals surface area contributed by atoms with E-state index in [1.54, 1.807) is 3.96 Å². The molecule has 5 nitrogen and oxygen atoms in total. The van der Waals surface area contributed by atoms with Gasteiger partial charge in [0.15, 0.2) is 0 Å². The summed E-state index contributed by atoms with van der Waals surface area (Å²) < 4.78 is 2.71. The first kappa shape index (κ1) is 15.7. The number of aromatic nitrogens is 2. The van der Waals surface area contributed by atoms with Gasteiger partial charge in [0.2, 0.25) is 5.91 Å². The van der Waals surface area contributed by atoms with E-state index in [1.165, 1.54) is 11.5 Å². The first-order valence-electron chi connectivity index (χ1n) is 8.16. The van der Waals surface area contributed by atoms with Crippen LogP contribution in [-0.4, -0.2) is 14.8 Å². The molecule has 25 heavy (non-hydrogen) atoms. The van der Waals surface area contributed by atoms with Crippen molar-refractivity contribution in [2.75, 3.05) is 5.32 Å². The van der Waals surface area contributed by atoms with Crippen LogP contribution in [0, 0.1) is 0 Å². The highest BCUT2D eigenvalue weighted by Crippen LogP contribution is 2.18. The number of nitrogens with one attached hydrogen (secondary N) is 2. The molecule has 0 fully saturated rings. The van der Waals surface area contributed by atoms with Crippen LogP contribution in [0.1, 0.15) is 12.8 Å². The summed E-state index contributed by atoms with van der Waals surface area (Å²) in [6.45, 7) is 0.557. The van der Waals surface area contributed by atoms with E-state index in [0.717, 1.165) is 26.7 Å². The smallest absolute Gasteiger partial charge is 0.268 e. The average Bonchev–Trinajstić information content (AvgIpc) is 3.20. The van der Waals surface area contributed by atoms with Crippen LogP contribution in [-0.2, 0) is 11.3 Å². The largest absolute Gasteiger partial charge is 0.361 e. The molecule has 126 valence electrons. The maximum Gasteiger partial charge on any atom is 0.268 e. The van der Waals surface area contributed by atoms with Gasteiger partial charge >= 0.3 is 0 Å². The predicted molar refractivity (Wildman–Crippen MR) is 102 cm³/mol. The molecule has 0 aliphatic rings. The van der Waals surface area contributed by atoms with Gasteiger partial charge in [0.25, 0.3) is 5.56 Å². The molecule has 0 bridgehead atoms. The molecule has 2 aromatic carbocycles. The molecule has 6 heteroatoms. The quantitative estimate of drug-likeness (QED) is 0.571. The van der Waals surface area contributed by atoms with Crippen molar-refractivity contribution in [2.45, 2.75) is 19.4 Å². The molecule has 4 rings (SSSR count). The lowest BCUT2D eigenvalue weighted by molar-refractivity contribution is -0.116. The number of carbonyl (C=O) groups excluding carboxylic acids is 1. The molecular weight excluding hydrogens is 334 g/mol. The predicted octanol–water partition coefficient (Wildman–Crippen LogP) is 3.96. The first-order valence-corrected chi connectivity index (χ1v) is 8.94. The second-order valence-corrected chi connectivity index (χ2v) is 6.99. The van der Waals surface area contributed by atoms with E-state index in [4.69, 9.17) is 0 Å². The number of H-pyrrole nitrogens is 1. The number of amides is 1. The van der Waals surface area contributed by atoms with Gasteiger partial charge in [-0.05, 0) is 42.1 Å². The number of hydrogen-bond donors (Lipinski definition) is 2. The molecule has 0 radical (unpaired) electrons. The van der Waals surface area contributed by atoms with Crippen LogP contribution < -0.4 is 10.9 Å². The Labute approximate surface area is 148 Å². The fraction of sp³-hybridized carbons (Fsp3) is 0.158. The second-order valence-electron chi connectivity index (χ2n) is 5.93. The molecule has 4 aromatic rings. The van der Waals surface area contributed by atoms with E-state index in [9.17, 15) is 9.59 Å². The van der Waals surface area contributed by atoms with Crippen molar-refractivity contribution in [3.63, 3.8) is 0 Å². The summed E-state index contributed by atoms with van der Waals surface area (Å²) in [7, 11) is 0. The number of aromatic amines is 1. The Balaban J connectivity index is 1.36. The zero-order valence-corrected chi connectivity index (χ0v) is 14.3. The van der Waals surface area contributed by atoms with E-state index < -0.39 is 0 Å². The van der Waals surface area contributed by atoms with E-state index >= 15 is 0 Å². The molecule has 2 heterocycles. The summed E-state index contributed by atoms with van der Waals surface area (Å²) in [6, 6.07) is 15.4. The first-order chi connectivity index (χ1) is 12.2. The number of benzene rings is 2. The Morgan fingerprint density at radius 1 is 1.16 bits per heavy atom. The fourth-order valence-electron chi connectivity index (χ4n) is 2.90. The van der Waals surface area contributed by atoms with Crippen molar-refractivity contribution in [3.8, 4) is 0 Å². The molecule has 0 aliphatic carbocycles. The lowest BCUT2D eigenvalue weighted by Gasteiger charge is -2.05. The number of aryl methyl sites for hydroxylation is 1. The Morgan fingerprint density at radius 3 is 2.92 bits per heavy atom. The van der Waals surface area contributed by atoms with Crippen molar-refractivity contribution in [1.82, 2.24) is 8.94 Å². The molecular formula is C19H17N3O2S. The Morgan fingerprint density at radius 2 is 2.04 bits per heavy atom. The monoisotopic (exact) mass is 351 g/mol. The van der Waals surface area contributed by atoms with Crippen molar-refractivity contribution in [3.05, 3.63) is 65.1 Å². The molecule has 1 amide bonds. The van der Waals surface area contributed by atoms with Crippen LogP contribution in [0.2, 0.25) is 0 Å². The van der Waals surface area contributed by atoms with Crippen LogP contribution in [0.25, 0.3) is 21.0 Å². The van der Waals surface area contributed by atoms with Gasteiger partial charge in [-0.25, -0.2) is 0 Å². The van der Waals surface area contributed by atoms with E-state index in [-0.39, 0.29) is 11.5 Å². The summed E-state index contributed by atoms with van der Waals surface area (Å²) in [4.78, 5) is 27.5. The number of fused-ring (bicyclic) bond motifs is 2. The topological polar surface area (TPSA) is 66.9 Å². The maximum absolute atomic E-state index is 12.3. The van der Waals surface area contributed by atoms with Gasteiger partial charge in [-0.1, -0.05) is 29.7 Å². The van der Waals surface area contributed by atoms with Gasteiger partial charge in [0.1, 0.15) is 0 Å². The third-order valence-corrected chi connectivity index (χ3v) is 5.28. The second kappa shape index (κ2) is 6.57. The van der Waals surface area contributed by atoms with E-state index in [1.807, 2.05) is 54.7 Å². The number of anilines is 1. The fourth-order valence-corrected chi connectivity index (χ4v) is 3.93. The molecule has 0 spiro atoms. The Kier molecular flexibility index (Phi) is 4.11.